The third kappa shape index (κ3) is 6.90. The van der Waals surface area contributed by atoms with E-state index in [1.54, 1.807) is 12.1 Å². The second-order valence-corrected chi connectivity index (χ2v) is 16.3. The molecule has 4 N–H and O–H groups in total. The standard InChI is InChI=1S/C44H47NO6/c1-24-13-27-17-29-20-33(43(3,4)5)22-31(39(29)46)19-32-23-34(44(6,7)8)21-30(40(32)47)18-28-14-25(2)16-37(42(28)49)38(36(15-24)41(27)48)26-9-11-35(12-10-26)45(50)51/h9-16,20-23,38,46-49H,17-19H2,1-8H3. The van der Waals surface area contributed by atoms with Crippen molar-refractivity contribution in [3.8, 4) is 23.0 Å². The number of aromatic hydroxyl groups is 4. The molecule has 7 nitrogen and oxygen atoms in total. The number of benzene rings is 5. The van der Waals surface area contributed by atoms with E-state index in [0.717, 1.165) is 22.3 Å². The summed E-state index contributed by atoms with van der Waals surface area (Å²) in [5.74, 6) is -0.419. The summed E-state index contributed by atoms with van der Waals surface area (Å²) < 4.78 is 0. The number of phenolic OH excluding ortho intramolecular Hbond substituents is 4. The zero-order valence-electron chi connectivity index (χ0n) is 30.7. The fourth-order valence-electron chi connectivity index (χ4n) is 7.33. The van der Waals surface area contributed by atoms with Crippen LogP contribution in [0.4, 0.5) is 5.69 Å². The van der Waals surface area contributed by atoms with Gasteiger partial charge in [0.05, 0.1) is 4.92 Å². The summed E-state index contributed by atoms with van der Waals surface area (Å²) in [6, 6.07) is 21.8. The number of phenols is 4. The molecular weight excluding hydrogens is 638 g/mol. The fraction of sp³-hybridized carbons (Fsp3) is 0.318. The highest BCUT2D eigenvalue weighted by Crippen LogP contribution is 2.46. The Morgan fingerprint density at radius 2 is 0.882 bits per heavy atom. The minimum absolute atomic E-state index is 0.0262. The van der Waals surface area contributed by atoms with Crippen LogP contribution in [0.3, 0.4) is 0 Å². The van der Waals surface area contributed by atoms with Crippen molar-refractivity contribution in [3.05, 3.63) is 155 Å². The van der Waals surface area contributed by atoms with Crippen molar-refractivity contribution in [2.45, 2.75) is 91.4 Å². The zero-order valence-corrected chi connectivity index (χ0v) is 30.7. The predicted molar refractivity (Wildman–Crippen MR) is 202 cm³/mol. The number of nitrogens with zero attached hydrogens (tertiary/aromatic N) is 1. The molecule has 5 aromatic carbocycles. The van der Waals surface area contributed by atoms with Crippen LogP contribution >= 0.6 is 0 Å². The third-order valence-corrected chi connectivity index (χ3v) is 10.2. The molecule has 264 valence electrons. The summed E-state index contributed by atoms with van der Waals surface area (Å²) in [5, 5.41) is 59.7. The topological polar surface area (TPSA) is 124 Å². The third-order valence-electron chi connectivity index (χ3n) is 10.2. The summed E-state index contributed by atoms with van der Waals surface area (Å²) in [7, 11) is 0. The lowest BCUT2D eigenvalue weighted by Crippen LogP contribution is -2.14. The minimum atomic E-state index is -0.703. The van der Waals surface area contributed by atoms with Crippen molar-refractivity contribution in [3.63, 3.8) is 0 Å². The number of nitro benzene ring substituents is 1. The van der Waals surface area contributed by atoms with Crippen molar-refractivity contribution in [2.75, 3.05) is 0 Å². The van der Waals surface area contributed by atoms with E-state index in [0.29, 0.717) is 50.1 Å². The van der Waals surface area contributed by atoms with Crippen LogP contribution in [0.15, 0.2) is 72.8 Å². The van der Waals surface area contributed by atoms with Crippen LogP contribution < -0.4 is 0 Å². The monoisotopic (exact) mass is 685 g/mol. The fourth-order valence-corrected chi connectivity index (χ4v) is 7.33. The summed E-state index contributed by atoms with van der Waals surface area (Å²) >= 11 is 0. The molecule has 0 aromatic heterocycles. The summed E-state index contributed by atoms with van der Waals surface area (Å²) in [6.07, 6.45) is 0.727. The molecule has 51 heavy (non-hydrogen) atoms. The Balaban J connectivity index is 1.72. The molecule has 0 spiro atoms. The molecule has 0 heterocycles. The van der Waals surface area contributed by atoms with Crippen LogP contribution in [-0.4, -0.2) is 25.3 Å². The van der Waals surface area contributed by atoms with Gasteiger partial charge in [-0.25, -0.2) is 0 Å². The quantitative estimate of drug-likeness (QED) is 0.106. The predicted octanol–water partition coefficient (Wildman–Crippen LogP) is 9.90. The molecule has 1 aliphatic carbocycles. The van der Waals surface area contributed by atoms with E-state index >= 15 is 0 Å². The molecule has 0 saturated heterocycles. The van der Waals surface area contributed by atoms with Crippen LogP contribution in [0.5, 0.6) is 23.0 Å². The SMILES string of the molecule is Cc1cc2c(O)c(c1)C(c1ccc([N+](=O)[O-])cc1)c1cc(C)cc(c1O)Cc1cc(C(C)(C)C)cc(c1O)Cc1cc(C(C)(C)C)cc(c1O)C2. The summed E-state index contributed by atoms with van der Waals surface area (Å²) in [6.45, 7) is 16.6. The van der Waals surface area contributed by atoms with Gasteiger partial charge in [0.15, 0.2) is 0 Å². The molecule has 0 fully saturated rings. The first-order chi connectivity index (χ1) is 23.8. The number of non-ortho nitro benzene ring substituents is 1. The van der Waals surface area contributed by atoms with Gasteiger partial charge in [0.25, 0.3) is 5.69 Å². The van der Waals surface area contributed by atoms with E-state index in [1.807, 2.05) is 62.4 Å². The Kier molecular flexibility index (Phi) is 8.91. The Hall–Kier alpha value is -5.30. The van der Waals surface area contributed by atoms with Crippen LogP contribution in [0.25, 0.3) is 0 Å². The van der Waals surface area contributed by atoms with E-state index in [2.05, 4.69) is 41.5 Å². The lowest BCUT2D eigenvalue weighted by molar-refractivity contribution is -0.384. The molecule has 7 heteroatoms. The first kappa shape index (κ1) is 35.5. The van der Waals surface area contributed by atoms with Crippen molar-refractivity contribution < 1.29 is 25.3 Å². The summed E-state index contributed by atoms with van der Waals surface area (Å²) in [4.78, 5) is 11.1. The molecule has 5 aromatic rings. The van der Waals surface area contributed by atoms with Gasteiger partial charge in [-0.2, -0.15) is 0 Å². The smallest absolute Gasteiger partial charge is 0.269 e. The van der Waals surface area contributed by atoms with Gasteiger partial charge in [-0.3, -0.25) is 10.1 Å². The van der Waals surface area contributed by atoms with Gasteiger partial charge in [-0.15, -0.1) is 0 Å². The van der Waals surface area contributed by atoms with Gasteiger partial charge >= 0.3 is 0 Å². The molecule has 0 unspecified atom stereocenters. The number of aryl methyl sites for hydroxylation is 2. The van der Waals surface area contributed by atoms with E-state index in [9.17, 15) is 30.5 Å². The molecule has 0 amide bonds. The highest BCUT2D eigenvalue weighted by molar-refractivity contribution is 5.62. The second-order valence-electron chi connectivity index (χ2n) is 16.3. The number of hydrogen-bond acceptors (Lipinski definition) is 6. The van der Waals surface area contributed by atoms with Crippen LogP contribution in [0.2, 0.25) is 0 Å². The van der Waals surface area contributed by atoms with Gasteiger partial charge in [-0.05, 0) is 74.7 Å². The molecule has 8 bridgehead atoms. The van der Waals surface area contributed by atoms with Crippen molar-refractivity contribution in [1.82, 2.24) is 0 Å². The van der Waals surface area contributed by atoms with Crippen LogP contribution in [0.1, 0.15) is 120 Å². The maximum absolute atomic E-state index is 12.1. The minimum Gasteiger partial charge on any atom is -0.507 e. The Bertz CT molecular complexity index is 2060. The second kappa shape index (κ2) is 12.8. The molecule has 0 radical (unpaired) electrons. The van der Waals surface area contributed by atoms with Crippen LogP contribution in [0, 0.1) is 24.0 Å². The first-order valence-electron chi connectivity index (χ1n) is 17.4. The maximum Gasteiger partial charge on any atom is 0.269 e. The van der Waals surface area contributed by atoms with Crippen molar-refractivity contribution >= 4 is 5.69 Å². The molecule has 0 atom stereocenters. The average molecular weight is 686 g/mol. The van der Waals surface area contributed by atoms with Crippen LogP contribution in [-0.2, 0) is 30.1 Å². The zero-order chi connectivity index (χ0) is 37.2. The molecule has 6 rings (SSSR count). The summed E-state index contributed by atoms with van der Waals surface area (Å²) in [5.41, 5.74) is 8.78. The van der Waals surface area contributed by atoms with Gasteiger partial charge in [0.2, 0.25) is 0 Å². The molecule has 0 saturated carbocycles. The van der Waals surface area contributed by atoms with E-state index in [1.165, 1.54) is 12.1 Å². The van der Waals surface area contributed by atoms with Gasteiger partial charge in [-0.1, -0.05) is 113 Å². The van der Waals surface area contributed by atoms with Gasteiger partial charge < -0.3 is 20.4 Å². The highest BCUT2D eigenvalue weighted by atomic mass is 16.6. The van der Waals surface area contributed by atoms with E-state index in [4.69, 9.17) is 0 Å². The number of nitro groups is 1. The molecular formula is C44H47NO6. The van der Waals surface area contributed by atoms with Gasteiger partial charge in [0, 0.05) is 48.4 Å². The average Bonchev–Trinajstić information content (AvgIpc) is 3.03. The van der Waals surface area contributed by atoms with Crippen molar-refractivity contribution in [2.24, 2.45) is 0 Å². The molecule has 1 aliphatic rings. The maximum atomic E-state index is 12.1. The van der Waals surface area contributed by atoms with E-state index < -0.39 is 10.8 Å². The van der Waals surface area contributed by atoms with E-state index in [-0.39, 0.29) is 58.8 Å². The lowest BCUT2D eigenvalue weighted by atomic mass is 9.79. The van der Waals surface area contributed by atoms with Crippen molar-refractivity contribution in [1.29, 1.82) is 0 Å². The Labute approximate surface area is 300 Å². The number of rotatable bonds is 2. The van der Waals surface area contributed by atoms with Gasteiger partial charge in [0.1, 0.15) is 23.0 Å². The Morgan fingerprint density at radius 3 is 1.20 bits per heavy atom. The first-order valence-corrected chi connectivity index (χ1v) is 17.4. The lowest BCUT2D eigenvalue weighted by Gasteiger charge is -2.27. The Morgan fingerprint density at radius 1 is 0.549 bits per heavy atom. The number of fused-ring (bicyclic) bond motifs is 8. The highest BCUT2D eigenvalue weighted by Gasteiger charge is 2.29. The molecule has 0 aliphatic heterocycles. The normalized spacial score (nSPS) is 13.6. The number of hydrogen-bond donors (Lipinski definition) is 4. The largest absolute Gasteiger partial charge is 0.507 e.